The fourth-order valence-corrected chi connectivity index (χ4v) is 3.11. The summed E-state index contributed by atoms with van der Waals surface area (Å²) in [6, 6.07) is 18.2. The molecule has 30 heavy (non-hydrogen) atoms. The van der Waals surface area contributed by atoms with Crippen LogP contribution in [0.1, 0.15) is 56.6 Å². The number of carbonyl (C=O) groups excluding carboxylic acids is 2. The molecule has 1 amide bonds. The lowest BCUT2D eigenvalue weighted by molar-refractivity contribution is -0.146. The molecule has 0 fully saturated rings. The average molecular weight is 412 g/mol. The smallest absolute Gasteiger partial charge is 0.408 e. The number of alkyl carbamates (subject to hydrolysis) is 1. The molecule has 2 rings (SSSR count). The van der Waals surface area contributed by atoms with Crippen LogP contribution in [0.25, 0.3) is 0 Å². The minimum Gasteiger partial charge on any atom is -0.464 e. The fraction of sp³-hybridized carbons (Fsp3) is 0.440. The zero-order valence-electron chi connectivity index (χ0n) is 17.8. The molecule has 0 aliphatic rings. The topological polar surface area (TPSA) is 64.6 Å². The predicted octanol–water partition coefficient (Wildman–Crippen LogP) is 5.43. The van der Waals surface area contributed by atoms with Crippen LogP contribution in [0.3, 0.4) is 0 Å². The molecule has 0 spiro atoms. The standard InChI is InChI=1S/C25H33NO4/c1-2-3-4-5-6-13-18-29-24(27)23(19-21-14-9-7-10-15-21)26-25(28)30-20-22-16-11-8-12-17-22/h7-12,14-17,23H,2-6,13,18-20H2,1H3,(H,26,28)/t23-/m0/s1. The van der Waals surface area contributed by atoms with Crippen molar-refractivity contribution in [3.63, 3.8) is 0 Å². The van der Waals surface area contributed by atoms with Gasteiger partial charge in [0.15, 0.2) is 0 Å². The molecule has 0 aromatic heterocycles. The van der Waals surface area contributed by atoms with Gasteiger partial charge in [0.25, 0.3) is 0 Å². The Hall–Kier alpha value is -2.82. The largest absolute Gasteiger partial charge is 0.464 e. The highest BCUT2D eigenvalue weighted by atomic mass is 16.6. The van der Waals surface area contributed by atoms with E-state index in [1.807, 2.05) is 60.7 Å². The van der Waals surface area contributed by atoms with Crippen molar-refractivity contribution >= 4 is 12.1 Å². The summed E-state index contributed by atoms with van der Waals surface area (Å²) in [7, 11) is 0. The Kier molecular flexibility index (Phi) is 11.1. The summed E-state index contributed by atoms with van der Waals surface area (Å²) in [6.45, 7) is 2.71. The number of hydrogen-bond donors (Lipinski definition) is 1. The lowest BCUT2D eigenvalue weighted by atomic mass is 10.1. The van der Waals surface area contributed by atoms with Crippen LogP contribution in [-0.2, 0) is 27.3 Å². The monoisotopic (exact) mass is 411 g/mol. The van der Waals surface area contributed by atoms with Crippen molar-refractivity contribution in [1.29, 1.82) is 0 Å². The number of amides is 1. The second-order valence-corrected chi connectivity index (χ2v) is 7.38. The van der Waals surface area contributed by atoms with E-state index in [-0.39, 0.29) is 6.61 Å². The van der Waals surface area contributed by atoms with E-state index >= 15 is 0 Å². The van der Waals surface area contributed by atoms with Gasteiger partial charge in [0.2, 0.25) is 0 Å². The Morgan fingerprint density at radius 3 is 2.07 bits per heavy atom. The van der Waals surface area contributed by atoms with E-state index in [9.17, 15) is 9.59 Å². The maximum Gasteiger partial charge on any atom is 0.408 e. The van der Waals surface area contributed by atoms with Crippen LogP contribution in [0, 0.1) is 0 Å². The molecule has 0 saturated heterocycles. The van der Waals surface area contributed by atoms with E-state index in [0.717, 1.165) is 30.4 Å². The van der Waals surface area contributed by atoms with Crippen molar-refractivity contribution in [1.82, 2.24) is 5.32 Å². The summed E-state index contributed by atoms with van der Waals surface area (Å²) in [4.78, 5) is 24.9. The minimum absolute atomic E-state index is 0.150. The fourth-order valence-electron chi connectivity index (χ4n) is 3.11. The predicted molar refractivity (Wildman–Crippen MR) is 118 cm³/mol. The summed E-state index contributed by atoms with van der Waals surface area (Å²) in [5.41, 5.74) is 1.83. The van der Waals surface area contributed by atoms with E-state index in [2.05, 4.69) is 12.2 Å². The average Bonchev–Trinajstić information content (AvgIpc) is 2.78. The third-order valence-corrected chi connectivity index (χ3v) is 4.81. The van der Waals surface area contributed by atoms with Gasteiger partial charge in [-0.05, 0) is 17.5 Å². The maximum atomic E-state index is 12.6. The Labute approximate surface area is 179 Å². The van der Waals surface area contributed by atoms with Gasteiger partial charge in [0.05, 0.1) is 6.61 Å². The first-order valence-corrected chi connectivity index (χ1v) is 10.9. The molecule has 162 valence electrons. The molecule has 1 N–H and O–H groups in total. The van der Waals surface area contributed by atoms with Crippen LogP contribution in [0.5, 0.6) is 0 Å². The highest BCUT2D eigenvalue weighted by molar-refractivity contribution is 5.81. The number of rotatable bonds is 13. The van der Waals surface area contributed by atoms with Gasteiger partial charge in [0, 0.05) is 6.42 Å². The van der Waals surface area contributed by atoms with E-state index in [1.54, 1.807) is 0 Å². The summed E-state index contributed by atoms with van der Waals surface area (Å²) in [5, 5.41) is 2.67. The Balaban J connectivity index is 1.83. The molecule has 5 nitrogen and oxygen atoms in total. The molecule has 2 aromatic rings. The first kappa shape index (κ1) is 23.5. The molecular formula is C25H33NO4. The van der Waals surface area contributed by atoms with Crippen LogP contribution in [0.15, 0.2) is 60.7 Å². The molecule has 0 radical (unpaired) electrons. The van der Waals surface area contributed by atoms with E-state index in [1.165, 1.54) is 19.3 Å². The Bertz CT molecular complexity index is 733. The molecule has 0 heterocycles. The number of unbranched alkanes of at least 4 members (excludes halogenated alkanes) is 5. The number of carbonyl (C=O) groups is 2. The van der Waals surface area contributed by atoms with Crippen molar-refractivity contribution in [2.45, 2.75) is 64.5 Å². The van der Waals surface area contributed by atoms with Crippen molar-refractivity contribution in [2.75, 3.05) is 6.61 Å². The van der Waals surface area contributed by atoms with E-state index < -0.39 is 18.1 Å². The molecule has 0 unspecified atom stereocenters. The van der Waals surface area contributed by atoms with Crippen molar-refractivity contribution in [3.05, 3.63) is 71.8 Å². The van der Waals surface area contributed by atoms with Gasteiger partial charge in [-0.2, -0.15) is 0 Å². The SMILES string of the molecule is CCCCCCCCOC(=O)[C@H](Cc1ccccc1)NC(=O)OCc1ccccc1. The number of esters is 1. The Morgan fingerprint density at radius 1 is 0.800 bits per heavy atom. The Morgan fingerprint density at radius 2 is 1.40 bits per heavy atom. The van der Waals surface area contributed by atoms with Crippen molar-refractivity contribution in [3.8, 4) is 0 Å². The normalized spacial score (nSPS) is 11.5. The van der Waals surface area contributed by atoms with Crippen LogP contribution in [0.4, 0.5) is 4.79 Å². The highest BCUT2D eigenvalue weighted by Gasteiger charge is 2.23. The summed E-state index contributed by atoms with van der Waals surface area (Å²) in [6.07, 6.45) is 6.44. The maximum absolute atomic E-state index is 12.6. The second kappa shape index (κ2) is 14.2. The van der Waals surface area contributed by atoms with Crippen molar-refractivity contribution in [2.24, 2.45) is 0 Å². The lowest BCUT2D eigenvalue weighted by Crippen LogP contribution is -2.43. The molecule has 0 aliphatic carbocycles. The third kappa shape index (κ3) is 9.59. The highest BCUT2D eigenvalue weighted by Crippen LogP contribution is 2.08. The summed E-state index contributed by atoms with van der Waals surface area (Å²) < 4.78 is 10.7. The number of benzene rings is 2. The zero-order valence-corrected chi connectivity index (χ0v) is 17.8. The van der Waals surface area contributed by atoms with E-state index in [4.69, 9.17) is 9.47 Å². The van der Waals surface area contributed by atoms with E-state index in [0.29, 0.717) is 13.0 Å². The molecule has 0 aliphatic heterocycles. The van der Waals surface area contributed by atoms with Crippen LogP contribution >= 0.6 is 0 Å². The van der Waals surface area contributed by atoms with Gasteiger partial charge in [-0.15, -0.1) is 0 Å². The number of hydrogen-bond acceptors (Lipinski definition) is 4. The molecule has 0 saturated carbocycles. The second-order valence-electron chi connectivity index (χ2n) is 7.38. The zero-order chi connectivity index (χ0) is 21.4. The first-order chi connectivity index (χ1) is 14.7. The molecule has 2 aromatic carbocycles. The molecular weight excluding hydrogens is 378 g/mol. The summed E-state index contributed by atoms with van der Waals surface area (Å²) >= 11 is 0. The first-order valence-electron chi connectivity index (χ1n) is 10.9. The molecule has 1 atom stereocenters. The third-order valence-electron chi connectivity index (χ3n) is 4.81. The van der Waals surface area contributed by atoms with Gasteiger partial charge in [-0.3, -0.25) is 0 Å². The summed E-state index contributed by atoms with van der Waals surface area (Å²) in [5.74, 6) is -0.427. The quantitative estimate of drug-likeness (QED) is 0.353. The van der Waals surface area contributed by atoms with Gasteiger partial charge < -0.3 is 14.8 Å². The van der Waals surface area contributed by atoms with Crippen LogP contribution in [0.2, 0.25) is 0 Å². The van der Waals surface area contributed by atoms with Gasteiger partial charge >= 0.3 is 12.1 Å². The molecule has 5 heteroatoms. The van der Waals surface area contributed by atoms with Gasteiger partial charge in [-0.1, -0.05) is 99.7 Å². The minimum atomic E-state index is -0.782. The lowest BCUT2D eigenvalue weighted by Gasteiger charge is -2.18. The number of nitrogens with one attached hydrogen (secondary N) is 1. The molecule has 0 bridgehead atoms. The van der Waals surface area contributed by atoms with Crippen LogP contribution in [-0.4, -0.2) is 24.7 Å². The van der Waals surface area contributed by atoms with Gasteiger partial charge in [0.1, 0.15) is 12.6 Å². The van der Waals surface area contributed by atoms with Crippen LogP contribution < -0.4 is 5.32 Å². The van der Waals surface area contributed by atoms with Crippen molar-refractivity contribution < 1.29 is 19.1 Å². The number of ether oxygens (including phenoxy) is 2. The van der Waals surface area contributed by atoms with Gasteiger partial charge in [-0.25, -0.2) is 9.59 Å².